The van der Waals surface area contributed by atoms with Crippen molar-refractivity contribution in [1.82, 2.24) is 4.90 Å². The predicted octanol–water partition coefficient (Wildman–Crippen LogP) is -0.344. The van der Waals surface area contributed by atoms with Crippen LogP contribution in [0, 0.1) is 0 Å². The van der Waals surface area contributed by atoms with Gasteiger partial charge in [-0.05, 0) is 19.3 Å². The Morgan fingerprint density at radius 1 is 1.30 bits per heavy atom. The second-order valence-corrected chi connectivity index (χ2v) is 7.48. The molecule has 0 saturated carbocycles. The topological polar surface area (TPSA) is 101 Å². The van der Waals surface area contributed by atoms with Crippen LogP contribution in [0.1, 0.15) is 25.7 Å². The van der Waals surface area contributed by atoms with Crippen molar-refractivity contribution < 1.29 is 27.9 Å². The van der Waals surface area contributed by atoms with Crippen LogP contribution in [-0.2, 0) is 24.2 Å². The molecule has 1 amide bonds. The summed E-state index contributed by atoms with van der Waals surface area (Å²) in [5.74, 6) is -1.76. The van der Waals surface area contributed by atoms with E-state index in [9.17, 15) is 18.0 Å². The summed E-state index contributed by atoms with van der Waals surface area (Å²) >= 11 is 0. The molecule has 2 atom stereocenters. The molecule has 20 heavy (non-hydrogen) atoms. The van der Waals surface area contributed by atoms with Crippen molar-refractivity contribution in [2.24, 2.45) is 0 Å². The molecule has 114 valence electrons. The summed E-state index contributed by atoms with van der Waals surface area (Å²) in [5.41, 5.74) is 0. The van der Waals surface area contributed by atoms with Gasteiger partial charge in [0.2, 0.25) is 0 Å². The maximum atomic E-state index is 12.4. The largest absolute Gasteiger partial charge is 0.481 e. The molecule has 0 bridgehead atoms. The van der Waals surface area contributed by atoms with Crippen LogP contribution in [0.5, 0.6) is 0 Å². The van der Waals surface area contributed by atoms with Gasteiger partial charge in [-0.25, -0.2) is 8.42 Å². The molecule has 0 spiro atoms. The van der Waals surface area contributed by atoms with Crippen LogP contribution in [-0.4, -0.2) is 67.1 Å². The first kappa shape index (κ1) is 15.2. The molecular formula is C12H19NO6S. The highest BCUT2D eigenvalue weighted by Crippen LogP contribution is 2.21. The molecule has 2 aliphatic rings. The van der Waals surface area contributed by atoms with E-state index >= 15 is 0 Å². The molecule has 2 rings (SSSR count). The van der Waals surface area contributed by atoms with E-state index in [1.807, 2.05) is 0 Å². The number of rotatable bonds is 3. The Kier molecular flexibility index (Phi) is 4.64. The minimum atomic E-state index is -3.27. The predicted molar refractivity (Wildman–Crippen MR) is 70.0 cm³/mol. The molecule has 2 aliphatic heterocycles. The molecule has 2 fully saturated rings. The summed E-state index contributed by atoms with van der Waals surface area (Å²) in [6.45, 7) is 0.575. The molecule has 0 aliphatic carbocycles. The van der Waals surface area contributed by atoms with Gasteiger partial charge in [-0.2, -0.15) is 0 Å². The Balaban J connectivity index is 2.10. The van der Waals surface area contributed by atoms with E-state index in [0.717, 1.165) is 12.8 Å². The quantitative estimate of drug-likeness (QED) is 0.765. The number of nitrogens with zero attached hydrogens (tertiary/aromatic N) is 1. The Morgan fingerprint density at radius 2 is 2.05 bits per heavy atom. The number of hydrogen-bond acceptors (Lipinski definition) is 5. The van der Waals surface area contributed by atoms with Crippen LogP contribution in [0.15, 0.2) is 0 Å². The van der Waals surface area contributed by atoms with E-state index < -0.39 is 28.0 Å². The number of hydrogen-bond donors (Lipinski definition) is 1. The van der Waals surface area contributed by atoms with E-state index in [4.69, 9.17) is 9.84 Å². The lowest BCUT2D eigenvalue weighted by Crippen LogP contribution is -2.55. The summed E-state index contributed by atoms with van der Waals surface area (Å²) < 4.78 is 28.7. The van der Waals surface area contributed by atoms with E-state index in [1.54, 1.807) is 0 Å². The molecule has 0 aromatic carbocycles. The van der Waals surface area contributed by atoms with Gasteiger partial charge < -0.3 is 14.7 Å². The second kappa shape index (κ2) is 6.09. The number of sulfone groups is 1. The van der Waals surface area contributed by atoms with Crippen LogP contribution >= 0.6 is 0 Å². The summed E-state index contributed by atoms with van der Waals surface area (Å²) in [6, 6.07) is -0.788. The zero-order valence-electron chi connectivity index (χ0n) is 11.2. The van der Waals surface area contributed by atoms with Crippen molar-refractivity contribution in [2.45, 2.75) is 37.8 Å². The molecule has 0 aromatic heterocycles. The smallest absolute Gasteiger partial charge is 0.305 e. The Hall–Kier alpha value is -1.15. The molecule has 2 saturated heterocycles. The number of carboxylic acid groups (broad SMARTS) is 1. The van der Waals surface area contributed by atoms with Crippen molar-refractivity contribution in [2.75, 3.05) is 24.7 Å². The average molecular weight is 305 g/mol. The molecule has 2 heterocycles. The van der Waals surface area contributed by atoms with Gasteiger partial charge in [0.25, 0.3) is 5.91 Å². The third-order valence-corrected chi connectivity index (χ3v) is 5.38. The first-order chi connectivity index (χ1) is 9.39. The highest BCUT2D eigenvalue weighted by molar-refractivity contribution is 7.91. The summed E-state index contributed by atoms with van der Waals surface area (Å²) in [6.07, 6.45) is 1.52. The molecule has 7 nitrogen and oxygen atoms in total. The zero-order chi connectivity index (χ0) is 14.8. The van der Waals surface area contributed by atoms with E-state index in [0.29, 0.717) is 13.0 Å². The lowest BCUT2D eigenvalue weighted by atomic mass is 10.1. The fourth-order valence-electron chi connectivity index (χ4n) is 2.67. The van der Waals surface area contributed by atoms with Crippen molar-refractivity contribution in [3.05, 3.63) is 0 Å². The number of amides is 1. The monoisotopic (exact) mass is 305 g/mol. The van der Waals surface area contributed by atoms with E-state index in [-0.39, 0.29) is 30.4 Å². The lowest BCUT2D eigenvalue weighted by Gasteiger charge is -2.37. The standard InChI is InChI=1S/C12H19NO6S/c14-11(15)7-9-8-20(17,18)6-4-13(9)12(16)10-3-1-2-5-19-10/h9-10H,1-8H2,(H,14,15). The van der Waals surface area contributed by atoms with Gasteiger partial charge in [0, 0.05) is 13.2 Å². The average Bonchev–Trinajstić information content (AvgIpc) is 2.37. The van der Waals surface area contributed by atoms with Crippen LogP contribution in [0.4, 0.5) is 0 Å². The Bertz CT molecular complexity index is 482. The van der Waals surface area contributed by atoms with Crippen LogP contribution in [0.3, 0.4) is 0 Å². The number of ether oxygens (including phenoxy) is 1. The number of carbonyl (C=O) groups is 2. The molecule has 0 radical (unpaired) electrons. The van der Waals surface area contributed by atoms with E-state index in [2.05, 4.69) is 0 Å². The molecule has 1 N–H and O–H groups in total. The van der Waals surface area contributed by atoms with Crippen molar-refractivity contribution >= 4 is 21.7 Å². The highest BCUT2D eigenvalue weighted by Gasteiger charge is 2.38. The van der Waals surface area contributed by atoms with Gasteiger partial charge in [-0.3, -0.25) is 9.59 Å². The molecule has 0 aromatic rings. The Labute approximate surface area is 117 Å². The minimum Gasteiger partial charge on any atom is -0.481 e. The molecule has 2 unspecified atom stereocenters. The van der Waals surface area contributed by atoms with Gasteiger partial charge in [0.1, 0.15) is 6.10 Å². The van der Waals surface area contributed by atoms with Gasteiger partial charge in [-0.1, -0.05) is 0 Å². The first-order valence-electron chi connectivity index (χ1n) is 6.73. The Morgan fingerprint density at radius 3 is 2.65 bits per heavy atom. The van der Waals surface area contributed by atoms with Gasteiger partial charge in [-0.15, -0.1) is 0 Å². The van der Waals surface area contributed by atoms with Gasteiger partial charge in [0.05, 0.1) is 24.0 Å². The van der Waals surface area contributed by atoms with Crippen LogP contribution in [0.2, 0.25) is 0 Å². The molecular weight excluding hydrogens is 286 g/mol. The number of aliphatic carboxylic acids is 1. The van der Waals surface area contributed by atoms with Gasteiger partial charge >= 0.3 is 5.97 Å². The fourth-order valence-corrected chi connectivity index (χ4v) is 4.19. The van der Waals surface area contributed by atoms with Crippen molar-refractivity contribution in [1.29, 1.82) is 0 Å². The normalized spacial score (nSPS) is 29.9. The fraction of sp³-hybridized carbons (Fsp3) is 0.833. The lowest BCUT2D eigenvalue weighted by molar-refractivity contribution is -0.150. The van der Waals surface area contributed by atoms with Crippen LogP contribution in [0.25, 0.3) is 0 Å². The molecule has 8 heteroatoms. The maximum absolute atomic E-state index is 12.4. The van der Waals surface area contributed by atoms with Crippen molar-refractivity contribution in [3.63, 3.8) is 0 Å². The number of carbonyl (C=O) groups excluding carboxylic acids is 1. The van der Waals surface area contributed by atoms with Crippen LogP contribution < -0.4 is 0 Å². The number of carboxylic acids is 1. The SMILES string of the molecule is O=C(O)CC1CS(=O)(=O)CCN1C(=O)C1CCCCO1. The summed E-state index contributed by atoms with van der Waals surface area (Å²) in [4.78, 5) is 24.6. The maximum Gasteiger partial charge on any atom is 0.305 e. The summed E-state index contributed by atoms with van der Waals surface area (Å²) in [7, 11) is -3.27. The first-order valence-corrected chi connectivity index (χ1v) is 8.55. The van der Waals surface area contributed by atoms with E-state index in [1.165, 1.54) is 4.90 Å². The third kappa shape index (κ3) is 3.69. The van der Waals surface area contributed by atoms with Gasteiger partial charge in [0.15, 0.2) is 9.84 Å². The minimum absolute atomic E-state index is 0.0545. The summed E-state index contributed by atoms with van der Waals surface area (Å²) in [5, 5.41) is 8.88. The second-order valence-electron chi connectivity index (χ2n) is 5.25. The zero-order valence-corrected chi connectivity index (χ0v) is 12.0. The highest BCUT2D eigenvalue weighted by atomic mass is 32.2. The third-order valence-electron chi connectivity index (χ3n) is 3.68. The van der Waals surface area contributed by atoms with Crippen molar-refractivity contribution in [3.8, 4) is 0 Å².